The van der Waals surface area contributed by atoms with Crippen molar-refractivity contribution in [1.29, 1.82) is 0 Å². The van der Waals surface area contributed by atoms with Crippen LogP contribution in [-0.4, -0.2) is 15.0 Å². The van der Waals surface area contributed by atoms with Crippen LogP contribution in [0.2, 0.25) is 0 Å². The second-order valence-corrected chi connectivity index (χ2v) is 4.15. The average Bonchev–Trinajstić information content (AvgIpc) is 2.89. The van der Waals surface area contributed by atoms with Gasteiger partial charge < -0.3 is 5.73 Å². The van der Waals surface area contributed by atoms with Crippen LogP contribution in [0.25, 0.3) is 16.9 Å². The summed E-state index contributed by atoms with van der Waals surface area (Å²) in [5.74, 6) is -0.271. The predicted octanol–water partition coefficient (Wildman–Crippen LogP) is 2.66. The molecule has 3 rings (SSSR count). The van der Waals surface area contributed by atoms with Crippen molar-refractivity contribution in [1.82, 2.24) is 15.0 Å². The van der Waals surface area contributed by atoms with Gasteiger partial charge in [0.05, 0.1) is 11.9 Å². The zero-order valence-corrected chi connectivity index (χ0v) is 9.99. The monoisotopic (exact) mass is 254 g/mol. The Morgan fingerprint density at radius 1 is 1.05 bits per heavy atom. The minimum atomic E-state index is -0.271. The lowest BCUT2D eigenvalue weighted by molar-refractivity contribution is 0.628. The zero-order chi connectivity index (χ0) is 13.2. The predicted molar refractivity (Wildman–Crippen MR) is 71.2 cm³/mol. The number of nitrogen functional groups attached to an aromatic ring is 1. The second-order valence-electron chi connectivity index (χ2n) is 4.15. The molecule has 0 saturated carbocycles. The van der Waals surface area contributed by atoms with Crippen LogP contribution in [0, 0.1) is 5.82 Å². The summed E-state index contributed by atoms with van der Waals surface area (Å²) in [7, 11) is 0. The van der Waals surface area contributed by atoms with Crippen molar-refractivity contribution in [3.63, 3.8) is 0 Å². The van der Waals surface area contributed by atoms with Gasteiger partial charge in [-0.2, -0.15) is 0 Å². The van der Waals surface area contributed by atoms with Gasteiger partial charge in [0, 0.05) is 11.3 Å². The molecule has 5 heteroatoms. The van der Waals surface area contributed by atoms with E-state index < -0.39 is 0 Å². The molecule has 0 fully saturated rings. The molecule has 0 aliphatic rings. The fourth-order valence-electron chi connectivity index (χ4n) is 1.81. The molecule has 0 spiro atoms. The van der Waals surface area contributed by atoms with Gasteiger partial charge in [0.1, 0.15) is 11.5 Å². The quantitative estimate of drug-likeness (QED) is 0.715. The van der Waals surface area contributed by atoms with E-state index in [0.29, 0.717) is 11.4 Å². The van der Waals surface area contributed by atoms with E-state index in [0.717, 1.165) is 11.3 Å². The number of anilines is 1. The van der Waals surface area contributed by atoms with E-state index in [1.165, 1.54) is 12.1 Å². The summed E-state index contributed by atoms with van der Waals surface area (Å²) in [5.41, 5.74) is 8.72. The van der Waals surface area contributed by atoms with Crippen LogP contribution in [0.3, 0.4) is 0 Å². The van der Waals surface area contributed by atoms with Crippen molar-refractivity contribution >= 4 is 5.69 Å². The third kappa shape index (κ3) is 2.30. The smallest absolute Gasteiger partial charge is 0.123 e. The highest BCUT2D eigenvalue weighted by molar-refractivity contribution is 5.58. The molecule has 0 bridgehead atoms. The van der Waals surface area contributed by atoms with E-state index in [1.54, 1.807) is 29.1 Å². The Hall–Kier alpha value is -2.69. The molecule has 0 amide bonds. The lowest BCUT2D eigenvalue weighted by Gasteiger charge is -2.00. The Bertz CT molecular complexity index is 703. The summed E-state index contributed by atoms with van der Waals surface area (Å²) in [4.78, 5) is 0. The number of benzene rings is 2. The van der Waals surface area contributed by atoms with Gasteiger partial charge in [-0.3, -0.25) is 0 Å². The summed E-state index contributed by atoms with van der Waals surface area (Å²) in [6.07, 6.45) is 1.78. The van der Waals surface area contributed by atoms with E-state index in [9.17, 15) is 4.39 Å². The Morgan fingerprint density at radius 2 is 1.84 bits per heavy atom. The van der Waals surface area contributed by atoms with Gasteiger partial charge in [-0.15, -0.1) is 5.10 Å². The fraction of sp³-hybridized carbons (Fsp3) is 0. The lowest BCUT2D eigenvalue weighted by atomic mass is 10.2. The van der Waals surface area contributed by atoms with E-state index in [2.05, 4.69) is 10.3 Å². The first-order chi connectivity index (χ1) is 9.22. The van der Waals surface area contributed by atoms with Crippen LogP contribution in [0.5, 0.6) is 0 Å². The SMILES string of the molecule is Nc1cccc(-n2cc(-c3ccc(F)cc3)nn2)c1. The van der Waals surface area contributed by atoms with Crippen molar-refractivity contribution < 1.29 is 4.39 Å². The maximum atomic E-state index is 12.9. The van der Waals surface area contributed by atoms with Gasteiger partial charge in [-0.25, -0.2) is 9.07 Å². The maximum absolute atomic E-state index is 12.9. The first-order valence-corrected chi connectivity index (χ1v) is 5.76. The molecule has 94 valence electrons. The van der Waals surface area contributed by atoms with Crippen LogP contribution in [-0.2, 0) is 0 Å². The molecule has 0 aliphatic heterocycles. The van der Waals surface area contributed by atoms with Gasteiger partial charge in [0.15, 0.2) is 0 Å². The highest BCUT2D eigenvalue weighted by Gasteiger charge is 2.05. The highest BCUT2D eigenvalue weighted by Crippen LogP contribution is 2.18. The van der Waals surface area contributed by atoms with Gasteiger partial charge in [0.25, 0.3) is 0 Å². The van der Waals surface area contributed by atoms with Crippen molar-refractivity contribution in [3.05, 3.63) is 60.5 Å². The molecule has 2 aromatic carbocycles. The molecule has 1 aromatic heterocycles. The van der Waals surface area contributed by atoms with Crippen LogP contribution in [0.15, 0.2) is 54.7 Å². The lowest BCUT2D eigenvalue weighted by Crippen LogP contribution is -1.95. The van der Waals surface area contributed by atoms with E-state index in [-0.39, 0.29) is 5.82 Å². The minimum absolute atomic E-state index is 0.271. The Morgan fingerprint density at radius 3 is 2.58 bits per heavy atom. The Labute approximate surface area is 109 Å². The van der Waals surface area contributed by atoms with Crippen LogP contribution in [0.1, 0.15) is 0 Å². The van der Waals surface area contributed by atoms with Gasteiger partial charge in [-0.1, -0.05) is 11.3 Å². The number of aromatic nitrogens is 3. The van der Waals surface area contributed by atoms with Crippen LogP contribution < -0.4 is 5.73 Å². The van der Waals surface area contributed by atoms with E-state index in [4.69, 9.17) is 5.73 Å². The number of hydrogen-bond donors (Lipinski definition) is 1. The number of rotatable bonds is 2. The summed E-state index contributed by atoms with van der Waals surface area (Å²) in [5, 5.41) is 8.12. The Kier molecular flexibility index (Phi) is 2.72. The highest BCUT2D eigenvalue weighted by atomic mass is 19.1. The first kappa shape index (κ1) is 11.4. The number of nitrogens with two attached hydrogens (primary N) is 1. The molecule has 0 atom stereocenters. The molecule has 1 heterocycles. The molecule has 4 nitrogen and oxygen atoms in total. The Balaban J connectivity index is 1.97. The maximum Gasteiger partial charge on any atom is 0.123 e. The summed E-state index contributed by atoms with van der Waals surface area (Å²) >= 11 is 0. The largest absolute Gasteiger partial charge is 0.399 e. The second kappa shape index (κ2) is 4.53. The van der Waals surface area contributed by atoms with Crippen molar-refractivity contribution in [2.75, 3.05) is 5.73 Å². The van der Waals surface area contributed by atoms with Gasteiger partial charge in [-0.05, 0) is 42.5 Å². The van der Waals surface area contributed by atoms with Gasteiger partial charge in [0.2, 0.25) is 0 Å². The molecule has 0 unspecified atom stereocenters. The molecule has 0 aliphatic carbocycles. The summed E-state index contributed by atoms with van der Waals surface area (Å²) in [6, 6.07) is 13.5. The molecule has 19 heavy (non-hydrogen) atoms. The molecule has 2 N–H and O–H groups in total. The van der Waals surface area contributed by atoms with Crippen molar-refractivity contribution in [3.8, 4) is 16.9 Å². The van der Waals surface area contributed by atoms with Crippen LogP contribution >= 0.6 is 0 Å². The van der Waals surface area contributed by atoms with Gasteiger partial charge >= 0.3 is 0 Å². The number of hydrogen-bond acceptors (Lipinski definition) is 3. The van der Waals surface area contributed by atoms with E-state index >= 15 is 0 Å². The standard InChI is InChI=1S/C14H11FN4/c15-11-6-4-10(5-7-11)14-9-19(18-17-14)13-3-1-2-12(16)8-13/h1-9H,16H2. The molecule has 3 aromatic rings. The molecular weight excluding hydrogens is 243 g/mol. The fourth-order valence-corrected chi connectivity index (χ4v) is 1.81. The molecule has 0 radical (unpaired) electrons. The average molecular weight is 254 g/mol. The third-order valence-electron chi connectivity index (χ3n) is 2.77. The van der Waals surface area contributed by atoms with Crippen molar-refractivity contribution in [2.45, 2.75) is 0 Å². The summed E-state index contributed by atoms with van der Waals surface area (Å²) in [6.45, 7) is 0. The first-order valence-electron chi connectivity index (χ1n) is 5.76. The van der Waals surface area contributed by atoms with E-state index in [1.807, 2.05) is 18.2 Å². The van der Waals surface area contributed by atoms with Crippen molar-refractivity contribution in [2.24, 2.45) is 0 Å². The topological polar surface area (TPSA) is 56.7 Å². The minimum Gasteiger partial charge on any atom is -0.399 e. The normalized spacial score (nSPS) is 10.6. The number of nitrogens with zero attached hydrogens (tertiary/aromatic N) is 3. The number of halogens is 1. The zero-order valence-electron chi connectivity index (χ0n) is 9.99. The molecule has 0 saturated heterocycles. The summed E-state index contributed by atoms with van der Waals surface area (Å²) < 4.78 is 14.5. The molecular formula is C14H11FN4. The van der Waals surface area contributed by atoms with Crippen LogP contribution in [0.4, 0.5) is 10.1 Å². The third-order valence-corrected chi connectivity index (χ3v) is 2.77.